The Kier molecular flexibility index (Phi) is 6.67. The molecule has 0 saturated carbocycles. The molecule has 0 bridgehead atoms. The number of methoxy groups -OCH3 is 1. The fourth-order valence-electron chi connectivity index (χ4n) is 2.40. The molecule has 0 aliphatic heterocycles. The van der Waals surface area contributed by atoms with Crippen molar-refractivity contribution >= 4 is 28.0 Å². The second-order valence-electron chi connectivity index (χ2n) is 5.69. The maximum atomic E-state index is 12.2. The van der Waals surface area contributed by atoms with Crippen molar-refractivity contribution in [2.45, 2.75) is 15.7 Å². The molecule has 0 atom stereocenters. The summed E-state index contributed by atoms with van der Waals surface area (Å²) in [7, 11) is -2.07. The van der Waals surface area contributed by atoms with Crippen LogP contribution in [0.2, 0.25) is 0 Å². The van der Waals surface area contributed by atoms with Crippen LogP contribution >= 0.6 is 11.8 Å². The van der Waals surface area contributed by atoms with Crippen LogP contribution in [0.15, 0.2) is 87.9 Å². The summed E-state index contributed by atoms with van der Waals surface area (Å²) in [5, 5.41) is 4.80. The molecule has 2 aromatic carbocycles. The Morgan fingerprint density at radius 3 is 2.61 bits per heavy atom. The molecule has 0 saturated heterocycles. The van der Waals surface area contributed by atoms with E-state index in [1.165, 1.54) is 18.3 Å². The molecule has 0 aliphatic rings. The molecular formula is C20H19N3O3S2. The summed E-state index contributed by atoms with van der Waals surface area (Å²) in [6.45, 7) is 0. The van der Waals surface area contributed by atoms with Crippen LogP contribution in [0.1, 0.15) is 11.1 Å². The molecular weight excluding hydrogens is 394 g/mol. The smallest absolute Gasteiger partial charge is 0.276 e. The Morgan fingerprint density at radius 1 is 1.11 bits per heavy atom. The highest BCUT2D eigenvalue weighted by atomic mass is 32.2. The predicted molar refractivity (Wildman–Crippen MR) is 111 cm³/mol. The highest BCUT2D eigenvalue weighted by Gasteiger charge is 2.11. The lowest BCUT2D eigenvalue weighted by Crippen LogP contribution is -2.18. The number of hydrazone groups is 1. The predicted octanol–water partition coefficient (Wildman–Crippen LogP) is 3.69. The van der Waals surface area contributed by atoms with Crippen LogP contribution < -0.4 is 9.57 Å². The fraction of sp³-hybridized carbons (Fsp3) is 0.100. The quantitative estimate of drug-likeness (QED) is 0.346. The largest absolute Gasteiger partial charge is 0.496 e. The molecule has 8 heteroatoms. The zero-order valence-corrected chi connectivity index (χ0v) is 16.8. The summed E-state index contributed by atoms with van der Waals surface area (Å²) in [5.41, 5.74) is 1.72. The summed E-state index contributed by atoms with van der Waals surface area (Å²) in [5.74, 6) is 1.42. The molecule has 0 radical (unpaired) electrons. The van der Waals surface area contributed by atoms with E-state index in [1.54, 1.807) is 43.3 Å². The van der Waals surface area contributed by atoms with E-state index in [-0.39, 0.29) is 4.90 Å². The van der Waals surface area contributed by atoms with Crippen LogP contribution in [-0.2, 0) is 15.8 Å². The van der Waals surface area contributed by atoms with Crippen molar-refractivity contribution in [3.63, 3.8) is 0 Å². The Labute approximate surface area is 168 Å². The standard InChI is InChI=1S/C20H19N3O3S2/c1-26-19-11-10-16(13-17(19)15-27-20-9-5-6-12-21-20)14-22-23-28(24,25)18-7-3-2-4-8-18/h2-14,23H,15H2,1H3. The summed E-state index contributed by atoms with van der Waals surface area (Å²) in [6.07, 6.45) is 3.22. The van der Waals surface area contributed by atoms with Crippen LogP contribution in [0.25, 0.3) is 0 Å². The van der Waals surface area contributed by atoms with E-state index >= 15 is 0 Å². The number of thioether (sulfide) groups is 1. The van der Waals surface area contributed by atoms with E-state index in [4.69, 9.17) is 4.74 Å². The van der Waals surface area contributed by atoms with Crippen molar-refractivity contribution in [1.29, 1.82) is 0 Å². The summed E-state index contributed by atoms with van der Waals surface area (Å²) >= 11 is 1.59. The van der Waals surface area contributed by atoms with Gasteiger partial charge in [0.1, 0.15) is 5.75 Å². The van der Waals surface area contributed by atoms with Gasteiger partial charge in [-0.3, -0.25) is 0 Å². The van der Waals surface area contributed by atoms with Crippen molar-refractivity contribution in [2.75, 3.05) is 7.11 Å². The Balaban J connectivity index is 1.71. The van der Waals surface area contributed by atoms with Gasteiger partial charge in [-0.25, -0.2) is 9.82 Å². The molecule has 6 nitrogen and oxygen atoms in total. The minimum absolute atomic E-state index is 0.161. The minimum atomic E-state index is -3.68. The molecule has 28 heavy (non-hydrogen) atoms. The van der Waals surface area contributed by atoms with Crippen LogP contribution in [0.5, 0.6) is 5.75 Å². The number of hydrogen-bond donors (Lipinski definition) is 1. The number of nitrogens with one attached hydrogen (secondary N) is 1. The lowest BCUT2D eigenvalue weighted by Gasteiger charge is -2.09. The van der Waals surface area contributed by atoms with Crippen molar-refractivity contribution < 1.29 is 13.2 Å². The SMILES string of the molecule is COc1ccc(C=NNS(=O)(=O)c2ccccc2)cc1CSc1ccccn1. The van der Waals surface area contributed by atoms with Crippen molar-refractivity contribution in [3.8, 4) is 5.75 Å². The van der Waals surface area contributed by atoms with E-state index in [0.717, 1.165) is 21.9 Å². The van der Waals surface area contributed by atoms with Gasteiger partial charge in [-0.05, 0) is 48.0 Å². The second-order valence-corrected chi connectivity index (χ2v) is 8.35. The molecule has 1 heterocycles. The van der Waals surface area contributed by atoms with Crippen LogP contribution in [0.3, 0.4) is 0 Å². The van der Waals surface area contributed by atoms with Gasteiger partial charge >= 0.3 is 0 Å². The Morgan fingerprint density at radius 2 is 1.89 bits per heavy atom. The molecule has 1 N–H and O–H groups in total. The third-order valence-corrected chi connectivity index (χ3v) is 5.99. The number of nitrogens with zero attached hydrogens (tertiary/aromatic N) is 2. The minimum Gasteiger partial charge on any atom is -0.496 e. The molecule has 0 fully saturated rings. The number of rotatable bonds is 8. The monoisotopic (exact) mass is 413 g/mol. The van der Waals surface area contributed by atoms with E-state index in [0.29, 0.717) is 5.75 Å². The van der Waals surface area contributed by atoms with Crippen molar-refractivity contribution in [2.24, 2.45) is 5.10 Å². The fourth-order valence-corrected chi connectivity index (χ4v) is 4.05. The van der Waals surface area contributed by atoms with Gasteiger partial charge in [-0.1, -0.05) is 24.3 Å². The van der Waals surface area contributed by atoms with Crippen LogP contribution in [0, 0.1) is 0 Å². The van der Waals surface area contributed by atoms with E-state index < -0.39 is 10.0 Å². The number of aromatic nitrogens is 1. The topological polar surface area (TPSA) is 80.6 Å². The van der Waals surface area contributed by atoms with Gasteiger partial charge in [-0.15, -0.1) is 11.8 Å². The summed E-state index contributed by atoms with van der Waals surface area (Å²) in [6, 6.07) is 19.4. The number of ether oxygens (including phenoxy) is 1. The number of sulfonamides is 1. The van der Waals surface area contributed by atoms with E-state index in [2.05, 4.69) is 14.9 Å². The van der Waals surface area contributed by atoms with Gasteiger partial charge in [0.2, 0.25) is 0 Å². The maximum absolute atomic E-state index is 12.2. The average Bonchev–Trinajstić information content (AvgIpc) is 2.73. The normalized spacial score (nSPS) is 11.5. The van der Waals surface area contributed by atoms with Gasteiger partial charge in [0.15, 0.2) is 0 Å². The zero-order chi connectivity index (χ0) is 19.8. The van der Waals surface area contributed by atoms with Gasteiger partial charge in [0, 0.05) is 17.5 Å². The number of hydrogen-bond acceptors (Lipinski definition) is 6. The summed E-state index contributed by atoms with van der Waals surface area (Å²) in [4.78, 5) is 6.68. The van der Waals surface area contributed by atoms with Gasteiger partial charge < -0.3 is 4.74 Å². The first kappa shape index (κ1) is 19.9. The molecule has 0 amide bonds. The van der Waals surface area contributed by atoms with E-state index in [1.807, 2.05) is 36.4 Å². The highest BCUT2D eigenvalue weighted by Crippen LogP contribution is 2.27. The molecule has 1 aromatic heterocycles. The second kappa shape index (κ2) is 9.38. The zero-order valence-electron chi connectivity index (χ0n) is 15.1. The highest BCUT2D eigenvalue weighted by molar-refractivity contribution is 7.98. The van der Waals surface area contributed by atoms with Crippen molar-refractivity contribution in [1.82, 2.24) is 9.82 Å². The molecule has 144 valence electrons. The molecule has 3 aromatic rings. The van der Waals surface area contributed by atoms with Crippen LogP contribution in [0.4, 0.5) is 0 Å². The van der Waals surface area contributed by atoms with Crippen molar-refractivity contribution in [3.05, 3.63) is 84.1 Å². The van der Waals surface area contributed by atoms with E-state index in [9.17, 15) is 8.42 Å². The Bertz CT molecular complexity index is 1040. The first-order chi connectivity index (χ1) is 13.6. The summed E-state index contributed by atoms with van der Waals surface area (Å²) < 4.78 is 29.8. The molecule has 0 unspecified atom stereocenters. The maximum Gasteiger partial charge on any atom is 0.276 e. The first-order valence-corrected chi connectivity index (χ1v) is 10.9. The van der Waals surface area contributed by atoms with Crippen LogP contribution in [-0.4, -0.2) is 26.7 Å². The molecule has 0 spiro atoms. The lowest BCUT2D eigenvalue weighted by atomic mass is 10.1. The number of benzene rings is 2. The molecule has 3 rings (SSSR count). The number of pyridine rings is 1. The van der Waals surface area contributed by atoms with Gasteiger partial charge in [0.25, 0.3) is 10.0 Å². The van der Waals surface area contributed by atoms with Gasteiger partial charge in [-0.2, -0.15) is 13.5 Å². The van der Waals surface area contributed by atoms with Gasteiger partial charge in [0.05, 0.1) is 23.2 Å². The first-order valence-electron chi connectivity index (χ1n) is 8.39. The Hall–Kier alpha value is -2.84. The lowest BCUT2D eigenvalue weighted by molar-refractivity contribution is 0.411. The average molecular weight is 414 g/mol. The molecule has 0 aliphatic carbocycles. The third-order valence-electron chi connectivity index (χ3n) is 3.76. The third kappa shape index (κ3) is 5.34.